The number of hydrogen-bond donors (Lipinski definition) is 1. The molecule has 11 heavy (non-hydrogen) atoms. The molecule has 1 aliphatic rings. The summed E-state index contributed by atoms with van der Waals surface area (Å²) in [7, 11) is 0. The highest BCUT2D eigenvalue weighted by Gasteiger charge is 2.25. The first-order valence-electron chi connectivity index (χ1n) is 4.48. The molecular weight excluding hydrogens is 134 g/mol. The van der Waals surface area contributed by atoms with E-state index in [1.165, 1.54) is 11.3 Å². The molecule has 1 heteroatoms. The second-order valence-electron chi connectivity index (χ2n) is 3.89. The monoisotopic (exact) mass is 153 g/mol. The molecule has 0 bridgehead atoms. The maximum Gasteiger partial charge on any atom is 0.0261 e. The molecule has 0 amide bonds. The Morgan fingerprint density at radius 1 is 1.09 bits per heavy atom. The summed E-state index contributed by atoms with van der Waals surface area (Å²) in [6.07, 6.45) is 0. The van der Waals surface area contributed by atoms with Gasteiger partial charge in [0, 0.05) is 11.7 Å². The molecule has 0 aromatic heterocycles. The highest BCUT2D eigenvalue weighted by Crippen LogP contribution is 2.28. The van der Waals surface area contributed by atoms with Crippen LogP contribution in [0.3, 0.4) is 0 Å². The van der Waals surface area contributed by atoms with Crippen molar-refractivity contribution in [1.29, 1.82) is 0 Å². The lowest BCUT2D eigenvalue weighted by atomic mass is 9.81. The average Bonchev–Trinajstić information content (AvgIpc) is 1.97. The number of allylic oxidation sites excluding steroid dienone is 2. The van der Waals surface area contributed by atoms with Crippen molar-refractivity contribution in [2.45, 2.75) is 40.7 Å². The van der Waals surface area contributed by atoms with Crippen molar-refractivity contribution >= 4 is 0 Å². The van der Waals surface area contributed by atoms with Crippen LogP contribution in [0.4, 0.5) is 0 Å². The molecule has 0 aromatic rings. The van der Waals surface area contributed by atoms with Gasteiger partial charge < -0.3 is 5.32 Å². The minimum Gasteiger partial charge on any atom is -0.386 e. The third-order valence-electron chi connectivity index (χ3n) is 3.30. The van der Waals surface area contributed by atoms with Crippen LogP contribution in [0.1, 0.15) is 34.6 Å². The molecule has 3 atom stereocenters. The van der Waals surface area contributed by atoms with Gasteiger partial charge in [0.2, 0.25) is 0 Å². The van der Waals surface area contributed by atoms with Crippen LogP contribution < -0.4 is 5.32 Å². The molecule has 0 aliphatic carbocycles. The lowest BCUT2D eigenvalue weighted by Crippen LogP contribution is -2.39. The van der Waals surface area contributed by atoms with Gasteiger partial charge in [-0.2, -0.15) is 0 Å². The van der Waals surface area contributed by atoms with Crippen LogP contribution in [-0.4, -0.2) is 6.04 Å². The summed E-state index contributed by atoms with van der Waals surface area (Å²) in [4.78, 5) is 0. The molecule has 0 saturated heterocycles. The molecule has 1 rings (SSSR count). The van der Waals surface area contributed by atoms with Gasteiger partial charge in [-0.3, -0.25) is 0 Å². The Balaban J connectivity index is 2.86. The Bertz CT molecular complexity index is 181. The van der Waals surface area contributed by atoms with Gasteiger partial charge in [-0.25, -0.2) is 0 Å². The van der Waals surface area contributed by atoms with E-state index in [2.05, 4.69) is 39.9 Å². The Labute approximate surface area is 69.9 Å². The van der Waals surface area contributed by atoms with Crippen molar-refractivity contribution in [3.63, 3.8) is 0 Å². The van der Waals surface area contributed by atoms with E-state index in [0.29, 0.717) is 6.04 Å². The molecule has 0 radical (unpaired) electrons. The van der Waals surface area contributed by atoms with Gasteiger partial charge in [0.1, 0.15) is 0 Å². The van der Waals surface area contributed by atoms with Crippen molar-refractivity contribution in [2.75, 3.05) is 0 Å². The molecule has 64 valence electrons. The zero-order valence-corrected chi connectivity index (χ0v) is 8.23. The second-order valence-corrected chi connectivity index (χ2v) is 3.89. The number of nitrogens with one attached hydrogen (secondary N) is 1. The summed E-state index contributed by atoms with van der Waals surface area (Å²) in [6.45, 7) is 11.3. The summed E-state index contributed by atoms with van der Waals surface area (Å²) >= 11 is 0. The van der Waals surface area contributed by atoms with Gasteiger partial charge in [0.05, 0.1) is 0 Å². The molecule has 3 unspecified atom stereocenters. The second kappa shape index (κ2) is 2.88. The maximum absolute atomic E-state index is 3.49. The normalized spacial score (nSPS) is 38.8. The van der Waals surface area contributed by atoms with E-state index in [1.54, 1.807) is 0 Å². The van der Waals surface area contributed by atoms with Gasteiger partial charge in [0.25, 0.3) is 0 Å². The van der Waals surface area contributed by atoms with E-state index in [1.807, 2.05) is 0 Å². The van der Waals surface area contributed by atoms with E-state index < -0.39 is 0 Å². The molecule has 1 nitrogen and oxygen atoms in total. The fourth-order valence-corrected chi connectivity index (χ4v) is 1.76. The van der Waals surface area contributed by atoms with Gasteiger partial charge in [-0.05, 0) is 32.6 Å². The van der Waals surface area contributed by atoms with E-state index >= 15 is 0 Å². The van der Waals surface area contributed by atoms with Crippen molar-refractivity contribution < 1.29 is 0 Å². The Morgan fingerprint density at radius 2 is 1.64 bits per heavy atom. The predicted molar refractivity (Wildman–Crippen MR) is 49.3 cm³/mol. The van der Waals surface area contributed by atoms with Crippen LogP contribution in [0, 0.1) is 11.8 Å². The summed E-state index contributed by atoms with van der Waals surface area (Å²) in [6, 6.07) is 0.633. The molecule has 0 spiro atoms. The van der Waals surface area contributed by atoms with Crippen LogP contribution >= 0.6 is 0 Å². The van der Waals surface area contributed by atoms with E-state index in [0.717, 1.165) is 11.8 Å². The van der Waals surface area contributed by atoms with Gasteiger partial charge >= 0.3 is 0 Å². The standard InChI is InChI=1S/C10H19N/c1-6-7(2)9(4)11-10(5)8(6)3/h6-7,9,11H,1-5H3. The first kappa shape index (κ1) is 8.63. The smallest absolute Gasteiger partial charge is 0.0261 e. The lowest BCUT2D eigenvalue weighted by Gasteiger charge is -2.35. The van der Waals surface area contributed by atoms with E-state index in [4.69, 9.17) is 0 Å². The predicted octanol–water partition coefficient (Wildman–Crippen LogP) is 2.54. The zero-order chi connectivity index (χ0) is 8.59. The summed E-state index contributed by atoms with van der Waals surface area (Å²) in [5.74, 6) is 1.50. The minimum absolute atomic E-state index is 0.633. The summed E-state index contributed by atoms with van der Waals surface area (Å²) in [5.41, 5.74) is 2.90. The highest BCUT2D eigenvalue weighted by atomic mass is 14.9. The molecule has 0 fully saturated rings. The Kier molecular flexibility index (Phi) is 2.26. The van der Waals surface area contributed by atoms with Crippen LogP contribution in [0.5, 0.6) is 0 Å². The SMILES string of the molecule is CC1=C(C)C(C)C(C)C(C)N1. The quantitative estimate of drug-likeness (QED) is 0.564. The Hall–Kier alpha value is -0.460. The molecule has 1 N–H and O–H groups in total. The van der Waals surface area contributed by atoms with Crippen molar-refractivity contribution in [3.05, 3.63) is 11.3 Å². The lowest BCUT2D eigenvalue weighted by molar-refractivity contribution is 0.315. The summed E-state index contributed by atoms with van der Waals surface area (Å²) in [5, 5.41) is 3.49. The largest absolute Gasteiger partial charge is 0.386 e. The van der Waals surface area contributed by atoms with Gasteiger partial charge in [-0.15, -0.1) is 0 Å². The Morgan fingerprint density at radius 3 is 2.18 bits per heavy atom. The van der Waals surface area contributed by atoms with Crippen LogP contribution in [-0.2, 0) is 0 Å². The molecule has 1 heterocycles. The zero-order valence-electron chi connectivity index (χ0n) is 8.23. The fraction of sp³-hybridized carbons (Fsp3) is 0.800. The fourth-order valence-electron chi connectivity index (χ4n) is 1.76. The molecule has 0 aromatic carbocycles. The molecular formula is C10H19N. The van der Waals surface area contributed by atoms with Crippen molar-refractivity contribution in [1.82, 2.24) is 5.32 Å². The third kappa shape index (κ3) is 1.42. The topological polar surface area (TPSA) is 12.0 Å². The number of rotatable bonds is 0. The first-order chi connectivity index (χ1) is 5.04. The first-order valence-corrected chi connectivity index (χ1v) is 4.48. The third-order valence-corrected chi connectivity index (χ3v) is 3.30. The van der Waals surface area contributed by atoms with E-state index in [-0.39, 0.29) is 0 Å². The van der Waals surface area contributed by atoms with Crippen molar-refractivity contribution in [3.8, 4) is 0 Å². The van der Waals surface area contributed by atoms with Crippen LogP contribution in [0.25, 0.3) is 0 Å². The van der Waals surface area contributed by atoms with Crippen LogP contribution in [0.2, 0.25) is 0 Å². The van der Waals surface area contributed by atoms with Gasteiger partial charge in [-0.1, -0.05) is 19.4 Å². The van der Waals surface area contributed by atoms with Crippen molar-refractivity contribution in [2.24, 2.45) is 11.8 Å². The minimum atomic E-state index is 0.633. The van der Waals surface area contributed by atoms with Crippen LogP contribution in [0.15, 0.2) is 11.3 Å². The average molecular weight is 153 g/mol. The summed E-state index contributed by atoms with van der Waals surface area (Å²) < 4.78 is 0. The number of hydrogen-bond acceptors (Lipinski definition) is 1. The highest BCUT2D eigenvalue weighted by molar-refractivity contribution is 5.16. The van der Waals surface area contributed by atoms with Gasteiger partial charge in [0.15, 0.2) is 0 Å². The molecule has 0 saturated carbocycles. The maximum atomic E-state index is 3.49. The molecule has 1 aliphatic heterocycles. The van der Waals surface area contributed by atoms with E-state index in [9.17, 15) is 0 Å².